The molecule has 0 radical (unpaired) electrons. The van der Waals surface area contributed by atoms with Crippen molar-refractivity contribution in [1.82, 2.24) is 9.97 Å². The van der Waals surface area contributed by atoms with E-state index in [4.69, 9.17) is 4.98 Å². The number of H-pyrrole nitrogens is 1. The number of nitrogens with zero attached hydrogens (tertiary/aromatic N) is 1. The molecule has 0 bridgehead atoms. The van der Waals surface area contributed by atoms with E-state index in [1.807, 2.05) is 0 Å². The summed E-state index contributed by atoms with van der Waals surface area (Å²) >= 11 is 0. The summed E-state index contributed by atoms with van der Waals surface area (Å²) in [6, 6.07) is 8.54. The molecule has 4 rings (SSSR count). The van der Waals surface area contributed by atoms with Crippen molar-refractivity contribution in [3.8, 4) is 11.4 Å². The number of benzene rings is 1. The van der Waals surface area contributed by atoms with Gasteiger partial charge in [-0.15, -0.1) is 0 Å². The Morgan fingerprint density at radius 2 is 1.76 bits per heavy atom. The van der Waals surface area contributed by atoms with Crippen LogP contribution in [0.1, 0.15) is 54.8 Å². The van der Waals surface area contributed by atoms with Gasteiger partial charge in [-0.1, -0.05) is 30.7 Å². The number of hydrogen-bond acceptors (Lipinski definition) is 2. The molecule has 1 heterocycles. The quantitative estimate of drug-likeness (QED) is 0.855. The molecule has 0 spiro atoms. The lowest BCUT2D eigenvalue weighted by Crippen LogP contribution is -2.18. The highest BCUT2D eigenvalue weighted by atomic mass is 16.1. The lowest BCUT2D eigenvalue weighted by molar-refractivity contribution is 0.708. The van der Waals surface area contributed by atoms with Gasteiger partial charge in [0, 0.05) is 11.1 Å². The van der Waals surface area contributed by atoms with E-state index in [2.05, 4.69) is 29.2 Å². The molecule has 1 N–H and O–H groups in total. The molecule has 0 saturated heterocycles. The SMILES string of the molecule is O=c1[nH]c(-c2ccc(C3CC3)cc2)nc2c1CCCCC2. The number of nitrogens with one attached hydrogen (secondary N) is 1. The second-order valence-corrected chi connectivity index (χ2v) is 6.30. The van der Waals surface area contributed by atoms with Gasteiger partial charge < -0.3 is 4.98 Å². The summed E-state index contributed by atoms with van der Waals surface area (Å²) in [5.41, 5.74) is 4.41. The predicted molar refractivity (Wildman–Crippen MR) is 83.5 cm³/mol. The Labute approximate surface area is 124 Å². The van der Waals surface area contributed by atoms with Crippen LogP contribution in [0.4, 0.5) is 0 Å². The van der Waals surface area contributed by atoms with E-state index in [-0.39, 0.29) is 5.56 Å². The maximum absolute atomic E-state index is 12.3. The van der Waals surface area contributed by atoms with Gasteiger partial charge in [-0.25, -0.2) is 4.98 Å². The normalized spacial score (nSPS) is 18.1. The first-order chi connectivity index (χ1) is 10.3. The number of aromatic amines is 1. The van der Waals surface area contributed by atoms with Crippen LogP contribution in [0.2, 0.25) is 0 Å². The summed E-state index contributed by atoms with van der Waals surface area (Å²) in [4.78, 5) is 20.0. The van der Waals surface area contributed by atoms with E-state index >= 15 is 0 Å². The molecule has 0 aliphatic heterocycles. The molecule has 2 aliphatic rings. The summed E-state index contributed by atoms with van der Waals surface area (Å²) in [6.45, 7) is 0. The van der Waals surface area contributed by atoms with Crippen molar-refractivity contribution in [3.05, 3.63) is 51.4 Å². The van der Waals surface area contributed by atoms with Gasteiger partial charge in [-0.2, -0.15) is 0 Å². The Morgan fingerprint density at radius 3 is 2.52 bits per heavy atom. The first-order valence-corrected chi connectivity index (χ1v) is 8.03. The molecule has 108 valence electrons. The monoisotopic (exact) mass is 280 g/mol. The first kappa shape index (κ1) is 12.8. The maximum atomic E-state index is 12.3. The summed E-state index contributed by atoms with van der Waals surface area (Å²) in [7, 11) is 0. The van der Waals surface area contributed by atoms with E-state index in [0.717, 1.165) is 54.2 Å². The molecular formula is C18H20N2O. The number of aromatic nitrogens is 2. The lowest BCUT2D eigenvalue weighted by atomic mass is 10.1. The zero-order chi connectivity index (χ0) is 14.2. The Balaban J connectivity index is 1.72. The molecule has 0 unspecified atom stereocenters. The minimum Gasteiger partial charge on any atom is -0.306 e. The molecule has 1 aromatic heterocycles. The highest BCUT2D eigenvalue weighted by molar-refractivity contribution is 5.56. The molecule has 0 amide bonds. The Hall–Kier alpha value is -1.90. The van der Waals surface area contributed by atoms with Gasteiger partial charge in [0.05, 0.1) is 5.69 Å². The summed E-state index contributed by atoms with van der Waals surface area (Å²) < 4.78 is 0. The van der Waals surface area contributed by atoms with Gasteiger partial charge in [-0.3, -0.25) is 4.79 Å². The number of fused-ring (bicyclic) bond motifs is 1. The van der Waals surface area contributed by atoms with Gasteiger partial charge >= 0.3 is 0 Å². The van der Waals surface area contributed by atoms with Crippen LogP contribution < -0.4 is 5.56 Å². The van der Waals surface area contributed by atoms with Gasteiger partial charge in [0.15, 0.2) is 0 Å². The Morgan fingerprint density at radius 1 is 1.00 bits per heavy atom. The smallest absolute Gasteiger partial charge is 0.254 e. The molecular weight excluding hydrogens is 260 g/mol. The van der Waals surface area contributed by atoms with Gasteiger partial charge in [0.25, 0.3) is 5.56 Å². The van der Waals surface area contributed by atoms with Crippen molar-refractivity contribution in [3.63, 3.8) is 0 Å². The zero-order valence-electron chi connectivity index (χ0n) is 12.2. The minimum atomic E-state index is 0.0585. The third kappa shape index (κ3) is 2.53. The second-order valence-electron chi connectivity index (χ2n) is 6.30. The van der Waals surface area contributed by atoms with E-state index in [9.17, 15) is 4.79 Å². The topological polar surface area (TPSA) is 45.8 Å². The molecule has 1 fully saturated rings. The minimum absolute atomic E-state index is 0.0585. The zero-order valence-corrected chi connectivity index (χ0v) is 12.2. The van der Waals surface area contributed by atoms with Crippen LogP contribution in [0, 0.1) is 0 Å². The van der Waals surface area contributed by atoms with Gasteiger partial charge in [0.1, 0.15) is 5.82 Å². The van der Waals surface area contributed by atoms with Crippen LogP contribution in [0.5, 0.6) is 0 Å². The second kappa shape index (κ2) is 5.14. The van der Waals surface area contributed by atoms with E-state index < -0.39 is 0 Å². The van der Waals surface area contributed by atoms with Crippen molar-refractivity contribution in [2.24, 2.45) is 0 Å². The van der Waals surface area contributed by atoms with Crippen LogP contribution in [0.3, 0.4) is 0 Å². The molecule has 2 aliphatic carbocycles. The molecule has 2 aromatic rings. The highest BCUT2D eigenvalue weighted by Crippen LogP contribution is 2.40. The third-order valence-corrected chi connectivity index (χ3v) is 4.67. The Bertz CT molecular complexity index is 711. The molecule has 0 atom stereocenters. The van der Waals surface area contributed by atoms with E-state index in [0.29, 0.717) is 0 Å². The van der Waals surface area contributed by atoms with Gasteiger partial charge in [0.2, 0.25) is 0 Å². The number of hydrogen-bond donors (Lipinski definition) is 1. The maximum Gasteiger partial charge on any atom is 0.254 e. The van der Waals surface area contributed by atoms with Crippen molar-refractivity contribution in [1.29, 1.82) is 0 Å². The van der Waals surface area contributed by atoms with E-state index in [1.54, 1.807) is 0 Å². The Kier molecular flexibility index (Phi) is 3.13. The lowest BCUT2D eigenvalue weighted by Gasteiger charge is -2.08. The predicted octanol–water partition coefficient (Wildman–Crippen LogP) is 3.58. The van der Waals surface area contributed by atoms with Crippen LogP contribution in [0.15, 0.2) is 29.1 Å². The summed E-state index contributed by atoms with van der Waals surface area (Å²) in [6.07, 6.45) is 7.88. The van der Waals surface area contributed by atoms with Gasteiger partial charge in [-0.05, 0) is 50.0 Å². The van der Waals surface area contributed by atoms with Crippen LogP contribution in [-0.2, 0) is 12.8 Å². The van der Waals surface area contributed by atoms with Crippen LogP contribution >= 0.6 is 0 Å². The van der Waals surface area contributed by atoms with Crippen LogP contribution in [-0.4, -0.2) is 9.97 Å². The first-order valence-electron chi connectivity index (χ1n) is 8.03. The summed E-state index contributed by atoms with van der Waals surface area (Å²) in [5.74, 6) is 1.49. The molecule has 21 heavy (non-hydrogen) atoms. The molecule has 1 aromatic carbocycles. The average Bonchev–Trinajstić information content (AvgIpc) is 3.34. The summed E-state index contributed by atoms with van der Waals surface area (Å²) in [5, 5.41) is 0. The number of rotatable bonds is 2. The fraction of sp³-hybridized carbons (Fsp3) is 0.444. The highest BCUT2D eigenvalue weighted by Gasteiger charge is 2.23. The standard InChI is InChI=1S/C18H20N2O/c21-18-15-4-2-1-3-5-16(15)19-17(20-18)14-10-8-13(9-11-14)12-6-7-12/h8-12H,1-7H2,(H,19,20,21). The largest absolute Gasteiger partial charge is 0.306 e. The fourth-order valence-electron chi connectivity index (χ4n) is 3.25. The fourth-order valence-corrected chi connectivity index (χ4v) is 3.25. The molecule has 3 nitrogen and oxygen atoms in total. The van der Waals surface area contributed by atoms with Crippen molar-refractivity contribution >= 4 is 0 Å². The van der Waals surface area contributed by atoms with E-state index in [1.165, 1.54) is 24.8 Å². The third-order valence-electron chi connectivity index (χ3n) is 4.67. The molecule has 1 saturated carbocycles. The van der Waals surface area contributed by atoms with Crippen molar-refractivity contribution < 1.29 is 0 Å². The molecule has 3 heteroatoms. The average molecular weight is 280 g/mol. The van der Waals surface area contributed by atoms with Crippen molar-refractivity contribution in [2.45, 2.75) is 50.9 Å². The van der Waals surface area contributed by atoms with Crippen molar-refractivity contribution in [2.75, 3.05) is 0 Å². The van der Waals surface area contributed by atoms with Crippen LogP contribution in [0.25, 0.3) is 11.4 Å². The number of aryl methyl sites for hydroxylation is 1.